The van der Waals surface area contributed by atoms with E-state index in [1.54, 1.807) is 7.11 Å². The Morgan fingerprint density at radius 2 is 1.21 bits per heavy atom. The molecule has 0 heterocycles. The number of hydrogen-bond donors (Lipinski definition) is 2. The van der Waals surface area contributed by atoms with Crippen molar-refractivity contribution in [1.82, 2.24) is 0 Å². The van der Waals surface area contributed by atoms with Gasteiger partial charge in [0.1, 0.15) is 5.75 Å². The van der Waals surface area contributed by atoms with Crippen LogP contribution < -0.4 is 16.2 Å². The van der Waals surface area contributed by atoms with Crippen molar-refractivity contribution in [3.63, 3.8) is 0 Å². The van der Waals surface area contributed by atoms with Crippen molar-refractivity contribution in [3.8, 4) is 16.9 Å². The van der Waals surface area contributed by atoms with Crippen molar-refractivity contribution in [2.75, 3.05) is 18.6 Å². The second-order valence-electron chi connectivity index (χ2n) is 9.02. The van der Waals surface area contributed by atoms with Crippen LogP contribution >= 0.6 is 0 Å². The summed E-state index contributed by atoms with van der Waals surface area (Å²) >= 11 is 0. The molecule has 4 aromatic carbocycles. The second kappa shape index (κ2) is 8.67. The minimum Gasteiger partial charge on any atom is -0.497 e. The summed E-state index contributed by atoms with van der Waals surface area (Å²) in [6.07, 6.45) is 0. The summed E-state index contributed by atoms with van der Waals surface area (Å²) in [5, 5.41) is 0. The standard InChI is InChI=1S/C30H32N2O/c1-19-15-20(2)28(31)26(16-19)30(4,27-18-25(33-5)17-21(3)29(27)32)24-13-11-23(12-14-24)22-9-7-6-8-10-22/h6-18H,31-32H2,1-5H3. The summed E-state index contributed by atoms with van der Waals surface area (Å²) < 4.78 is 5.63. The molecule has 0 aliphatic rings. The molecule has 168 valence electrons. The van der Waals surface area contributed by atoms with Crippen LogP contribution in [0.5, 0.6) is 5.75 Å². The Morgan fingerprint density at radius 3 is 1.82 bits per heavy atom. The van der Waals surface area contributed by atoms with Gasteiger partial charge < -0.3 is 16.2 Å². The number of ether oxygens (including phenoxy) is 1. The fraction of sp³-hybridized carbons (Fsp3) is 0.200. The Labute approximate surface area is 197 Å². The van der Waals surface area contributed by atoms with Crippen molar-refractivity contribution in [3.05, 3.63) is 112 Å². The molecule has 0 amide bonds. The van der Waals surface area contributed by atoms with Gasteiger partial charge in [0.05, 0.1) is 7.11 Å². The van der Waals surface area contributed by atoms with Gasteiger partial charge in [-0.1, -0.05) is 72.3 Å². The van der Waals surface area contributed by atoms with Crippen LogP contribution in [0.4, 0.5) is 11.4 Å². The van der Waals surface area contributed by atoms with Gasteiger partial charge in [-0.2, -0.15) is 0 Å². The van der Waals surface area contributed by atoms with E-state index in [4.69, 9.17) is 16.2 Å². The predicted molar refractivity (Wildman–Crippen MR) is 140 cm³/mol. The van der Waals surface area contributed by atoms with E-state index in [1.807, 2.05) is 25.1 Å². The maximum absolute atomic E-state index is 6.72. The highest BCUT2D eigenvalue weighted by Gasteiger charge is 2.36. The maximum atomic E-state index is 6.72. The summed E-state index contributed by atoms with van der Waals surface area (Å²) in [4.78, 5) is 0. The first-order valence-corrected chi connectivity index (χ1v) is 11.2. The third kappa shape index (κ3) is 3.95. The predicted octanol–water partition coefficient (Wildman–Crippen LogP) is 6.81. The van der Waals surface area contributed by atoms with E-state index in [1.165, 1.54) is 16.7 Å². The molecule has 3 heteroatoms. The third-order valence-electron chi connectivity index (χ3n) is 6.77. The van der Waals surface area contributed by atoms with Gasteiger partial charge >= 0.3 is 0 Å². The van der Waals surface area contributed by atoms with Crippen LogP contribution in [-0.2, 0) is 5.41 Å². The van der Waals surface area contributed by atoms with Crippen molar-refractivity contribution in [2.24, 2.45) is 0 Å². The largest absolute Gasteiger partial charge is 0.497 e. The number of rotatable bonds is 5. The minimum absolute atomic E-state index is 0.570. The molecule has 0 radical (unpaired) electrons. The Hall–Kier alpha value is -3.72. The molecule has 0 aliphatic heterocycles. The molecule has 3 nitrogen and oxygen atoms in total. The molecule has 0 aromatic heterocycles. The normalized spacial score (nSPS) is 12.9. The van der Waals surface area contributed by atoms with Gasteiger partial charge in [-0.05, 0) is 78.8 Å². The fourth-order valence-corrected chi connectivity index (χ4v) is 4.77. The highest BCUT2D eigenvalue weighted by atomic mass is 16.5. The molecule has 1 unspecified atom stereocenters. The lowest BCUT2D eigenvalue weighted by molar-refractivity contribution is 0.413. The molecule has 0 saturated heterocycles. The van der Waals surface area contributed by atoms with E-state index < -0.39 is 5.41 Å². The van der Waals surface area contributed by atoms with Gasteiger partial charge in [-0.15, -0.1) is 0 Å². The molecular formula is C30H32N2O. The van der Waals surface area contributed by atoms with Gasteiger partial charge in [-0.3, -0.25) is 0 Å². The van der Waals surface area contributed by atoms with E-state index in [0.29, 0.717) is 0 Å². The van der Waals surface area contributed by atoms with Crippen LogP contribution in [0.1, 0.15) is 40.3 Å². The lowest BCUT2D eigenvalue weighted by Crippen LogP contribution is -2.28. The van der Waals surface area contributed by atoms with Gasteiger partial charge in [0.15, 0.2) is 0 Å². The topological polar surface area (TPSA) is 61.3 Å². The molecule has 0 bridgehead atoms. The number of benzene rings is 4. The first kappa shape index (κ1) is 22.5. The van der Waals surface area contributed by atoms with Crippen molar-refractivity contribution in [1.29, 1.82) is 0 Å². The molecule has 0 aliphatic carbocycles. The van der Waals surface area contributed by atoms with Crippen LogP contribution in [0, 0.1) is 20.8 Å². The number of nitrogen functional groups attached to an aromatic ring is 2. The highest BCUT2D eigenvalue weighted by Crippen LogP contribution is 2.46. The molecule has 0 spiro atoms. The monoisotopic (exact) mass is 436 g/mol. The van der Waals surface area contributed by atoms with Crippen molar-refractivity contribution >= 4 is 11.4 Å². The number of hydrogen-bond acceptors (Lipinski definition) is 3. The smallest absolute Gasteiger partial charge is 0.119 e. The summed E-state index contributed by atoms with van der Waals surface area (Å²) in [6, 6.07) is 27.4. The van der Waals surface area contributed by atoms with Crippen LogP contribution in [0.3, 0.4) is 0 Å². The molecule has 4 N–H and O–H groups in total. The van der Waals surface area contributed by atoms with E-state index in [-0.39, 0.29) is 0 Å². The number of nitrogens with two attached hydrogens (primary N) is 2. The molecule has 0 saturated carbocycles. The highest BCUT2D eigenvalue weighted by molar-refractivity contribution is 5.72. The number of methoxy groups -OCH3 is 1. The summed E-state index contributed by atoms with van der Waals surface area (Å²) in [7, 11) is 1.69. The average Bonchev–Trinajstić information content (AvgIpc) is 2.83. The Morgan fingerprint density at radius 1 is 0.667 bits per heavy atom. The Kier molecular flexibility index (Phi) is 5.90. The quantitative estimate of drug-likeness (QED) is 0.267. The fourth-order valence-electron chi connectivity index (χ4n) is 4.77. The summed E-state index contributed by atoms with van der Waals surface area (Å²) in [6.45, 7) is 8.39. The SMILES string of the molecule is COc1cc(C)c(N)c(C(C)(c2ccc(-c3ccccc3)cc2)c2cc(C)cc(C)c2N)c1. The summed E-state index contributed by atoms with van der Waals surface area (Å²) in [5.74, 6) is 0.784. The van der Waals surface area contributed by atoms with E-state index in [9.17, 15) is 0 Å². The third-order valence-corrected chi connectivity index (χ3v) is 6.77. The Bertz CT molecular complexity index is 1290. The maximum Gasteiger partial charge on any atom is 0.119 e. The van der Waals surface area contributed by atoms with Gasteiger partial charge in [0.25, 0.3) is 0 Å². The van der Waals surface area contributed by atoms with Crippen molar-refractivity contribution in [2.45, 2.75) is 33.1 Å². The molecule has 0 fully saturated rings. The average molecular weight is 437 g/mol. The Balaban J connectivity index is 2.00. The molecule has 4 rings (SSSR count). The zero-order chi connectivity index (χ0) is 23.8. The van der Waals surface area contributed by atoms with Crippen molar-refractivity contribution < 1.29 is 4.74 Å². The minimum atomic E-state index is -0.570. The molecule has 4 aromatic rings. The lowest BCUT2D eigenvalue weighted by atomic mass is 9.68. The number of aryl methyl sites for hydroxylation is 3. The van der Waals surface area contributed by atoms with E-state index >= 15 is 0 Å². The second-order valence-corrected chi connectivity index (χ2v) is 9.02. The van der Waals surface area contributed by atoms with E-state index in [2.05, 4.69) is 81.4 Å². The van der Waals surface area contributed by atoms with Gasteiger partial charge in [0, 0.05) is 16.8 Å². The van der Waals surface area contributed by atoms with Crippen LogP contribution in [0.15, 0.2) is 78.9 Å². The summed E-state index contributed by atoms with van der Waals surface area (Å²) in [5.41, 5.74) is 23.1. The molecule has 33 heavy (non-hydrogen) atoms. The number of anilines is 2. The zero-order valence-corrected chi connectivity index (χ0v) is 20.1. The molecule has 1 atom stereocenters. The van der Waals surface area contributed by atoms with Gasteiger partial charge in [-0.25, -0.2) is 0 Å². The van der Waals surface area contributed by atoms with Gasteiger partial charge in [0.2, 0.25) is 0 Å². The lowest BCUT2D eigenvalue weighted by Gasteiger charge is -2.35. The van der Waals surface area contributed by atoms with Crippen LogP contribution in [0.2, 0.25) is 0 Å². The van der Waals surface area contributed by atoms with Crippen LogP contribution in [0.25, 0.3) is 11.1 Å². The van der Waals surface area contributed by atoms with E-state index in [0.717, 1.165) is 44.9 Å². The first-order chi connectivity index (χ1) is 15.8. The first-order valence-electron chi connectivity index (χ1n) is 11.2. The molecular weight excluding hydrogens is 404 g/mol. The van der Waals surface area contributed by atoms with Crippen LogP contribution in [-0.4, -0.2) is 7.11 Å². The zero-order valence-electron chi connectivity index (χ0n) is 20.1.